The minimum absolute atomic E-state index is 0.0788. The third-order valence-electron chi connectivity index (χ3n) is 8.75. The Bertz CT molecular complexity index is 1730. The maximum absolute atomic E-state index is 14.3. The highest BCUT2D eigenvalue weighted by Crippen LogP contribution is 2.51. The first-order valence-electron chi connectivity index (χ1n) is 15.7. The van der Waals surface area contributed by atoms with E-state index in [1.807, 2.05) is 44.2 Å². The first-order valence-corrected chi connectivity index (χ1v) is 17.2. The molecule has 0 bridgehead atoms. The molecule has 3 aliphatic rings. The number of ketones is 1. The average molecular weight is 676 g/mol. The van der Waals surface area contributed by atoms with Crippen molar-refractivity contribution in [3.63, 3.8) is 0 Å². The van der Waals surface area contributed by atoms with Gasteiger partial charge in [0.05, 0.1) is 23.9 Å². The number of hydrogen-bond acceptors (Lipinski definition) is 8. The summed E-state index contributed by atoms with van der Waals surface area (Å²) in [6, 6.07) is 18.5. The summed E-state index contributed by atoms with van der Waals surface area (Å²) in [5, 5.41) is 27.7. The molecule has 0 radical (unpaired) electrons. The second-order valence-electron chi connectivity index (χ2n) is 13.0. The smallest absolute Gasteiger partial charge is 0.228 e. The number of halogens is 1. The quantitative estimate of drug-likeness (QED) is 0.210. The lowest BCUT2D eigenvalue weighted by Crippen LogP contribution is -2.43. The third kappa shape index (κ3) is 7.15. The molecule has 1 fully saturated rings. The third-order valence-corrected chi connectivity index (χ3v) is 10.3. The molecule has 3 unspecified atom stereocenters. The number of ether oxygens (including phenoxy) is 1. The summed E-state index contributed by atoms with van der Waals surface area (Å²) < 4.78 is 6.02. The van der Waals surface area contributed by atoms with Crippen molar-refractivity contribution >= 4 is 52.3 Å². The molecule has 11 heteroatoms. The van der Waals surface area contributed by atoms with E-state index in [-0.39, 0.29) is 48.2 Å². The molecule has 0 spiro atoms. The molecular weight excluding hydrogens is 638 g/mol. The Morgan fingerprint density at radius 3 is 2.57 bits per heavy atom. The molecule has 246 valence electrons. The molecular formula is C36H38ClN3O6S. The van der Waals surface area contributed by atoms with Gasteiger partial charge in [-0.05, 0) is 47.2 Å². The van der Waals surface area contributed by atoms with Crippen molar-refractivity contribution in [3.05, 3.63) is 94.1 Å². The van der Waals surface area contributed by atoms with Crippen LogP contribution in [-0.4, -0.2) is 51.5 Å². The number of phenolic OH excluding ortho intramolecular Hbond substituents is 1. The largest absolute Gasteiger partial charge is 0.506 e. The Hall–Kier alpha value is -3.99. The van der Waals surface area contributed by atoms with Gasteiger partial charge in [0.15, 0.2) is 5.78 Å². The van der Waals surface area contributed by atoms with E-state index in [1.54, 1.807) is 42.1 Å². The molecule has 6 rings (SSSR count). The molecule has 3 aromatic carbocycles. The Labute approximate surface area is 283 Å². The van der Waals surface area contributed by atoms with E-state index in [0.717, 1.165) is 5.56 Å². The lowest BCUT2D eigenvalue weighted by Gasteiger charge is -2.37. The highest BCUT2D eigenvalue weighted by atomic mass is 35.5. The average Bonchev–Trinajstić information content (AvgIpc) is 3.36. The number of carbonyl (C=O) groups excluding carboxylic acids is 3. The number of hydrogen-bond donors (Lipinski definition) is 4. The van der Waals surface area contributed by atoms with Crippen LogP contribution in [0.15, 0.2) is 78.0 Å². The number of amides is 2. The molecule has 1 aliphatic carbocycles. The molecule has 0 saturated carbocycles. The maximum atomic E-state index is 14.3. The topological polar surface area (TPSA) is 128 Å². The first kappa shape index (κ1) is 32.9. The van der Waals surface area contributed by atoms with Gasteiger partial charge in [0, 0.05) is 47.1 Å². The summed E-state index contributed by atoms with van der Waals surface area (Å²) >= 11 is 8.54. The van der Waals surface area contributed by atoms with E-state index < -0.39 is 18.1 Å². The number of aromatic hydroxyl groups is 1. The zero-order valence-electron chi connectivity index (χ0n) is 26.3. The molecule has 3 atom stereocenters. The summed E-state index contributed by atoms with van der Waals surface area (Å²) in [6.07, 6.45) is -0.172. The monoisotopic (exact) mass is 675 g/mol. The maximum Gasteiger partial charge on any atom is 0.228 e. The Balaban J connectivity index is 1.39. The molecule has 0 aromatic heterocycles. The van der Waals surface area contributed by atoms with Crippen LogP contribution >= 0.6 is 23.4 Å². The zero-order chi connectivity index (χ0) is 33.3. The SMILES string of the molecule is CC1(C)CC(=O)C2=C(C1)Nc1c(O)cccc1N(C(=O)CCC(=O)NC1CSCC1O)C2c1ccc(OCc2ccccc2)cc1Cl. The summed E-state index contributed by atoms with van der Waals surface area (Å²) in [7, 11) is 0. The minimum atomic E-state index is -0.941. The molecule has 4 N–H and O–H groups in total. The summed E-state index contributed by atoms with van der Waals surface area (Å²) in [5.74, 6) is 0.693. The number of Topliss-reactive ketones (excluding diaryl/α,β-unsaturated/α-hetero) is 1. The van der Waals surface area contributed by atoms with Crippen LogP contribution in [-0.2, 0) is 21.0 Å². The van der Waals surface area contributed by atoms with E-state index in [9.17, 15) is 24.6 Å². The van der Waals surface area contributed by atoms with E-state index in [2.05, 4.69) is 10.6 Å². The number of allylic oxidation sites excluding steroid dienone is 1. The fraction of sp³-hybridized carbons (Fsp3) is 0.361. The van der Waals surface area contributed by atoms with Gasteiger partial charge in [-0.2, -0.15) is 11.8 Å². The summed E-state index contributed by atoms with van der Waals surface area (Å²) in [6.45, 7) is 4.35. The van der Waals surface area contributed by atoms with Gasteiger partial charge in [-0.25, -0.2) is 0 Å². The second-order valence-corrected chi connectivity index (χ2v) is 14.5. The van der Waals surface area contributed by atoms with Crippen LogP contribution in [0.3, 0.4) is 0 Å². The molecule has 2 amide bonds. The number of carbonyl (C=O) groups is 3. The normalized spacial score (nSPS) is 21.7. The second kappa shape index (κ2) is 13.6. The number of nitrogens with one attached hydrogen (secondary N) is 2. The summed E-state index contributed by atoms with van der Waals surface area (Å²) in [4.78, 5) is 42.8. The fourth-order valence-corrected chi connectivity index (χ4v) is 7.92. The lowest BCUT2D eigenvalue weighted by atomic mass is 9.73. The van der Waals surface area contributed by atoms with Gasteiger partial charge in [0.25, 0.3) is 0 Å². The predicted molar refractivity (Wildman–Crippen MR) is 184 cm³/mol. The number of thioether (sulfide) groups is 1. The van der Waals surface area contributed by atoms with Crippen LogP contribution in [0.25, 0.3) is 0 Å². The number of anilines is 2. The lowest BCUT2D eigenvalue weighted by molar-refractivity contribution is -0.126. The van der Waals surface area contributed by atoms with Crippen molar-refractivity contribution in [1.29, 1.82) is 0 Å². The highest BCUT2D eigenvalue weighted by Gasteiger charge is 2.44. The van der Waals surface area contributed by atoms with Crippen molar-refractivity contribution < 1.29 is 29.3 Å². The molecule has 1 saturated heterocycles. The Kier molecular flexibility index (Phi) is 9.55. The van der Waals surface area contributed by atoms with Crippen LogP contribution in [0.4, 0.5) is 11.4 Å². The van der Waals surface area contributed by atoms with Gasteiger partial charge in [0.2, 0.25) is 11.8 Å². The van der Waals surface area contributed by atoms with Gasteiger partial charge in [-0.3, -0.25) is 19.3 Å². The van der Waals surface area contributed by atoms with E-state index in [1.165, 1.54) is 11.0 Å². The molecule has 2 heterocycles. The van der Waals surface area contributed by atoms with Crippen LogP contribution in [0.2, 0.25) is 5.02 Å². The van der Waals surface area contributed by atoms with Gasteiger partial charge >= 0.3 is 0 Å². The van der Waals surface area contributed by atoms with Crippen LogP contribution < -0.4 is 20.3 Å². The van der Waals surface area contributed by atoms with Crippen LogP contribution in [0.1, 0.15) is 56.7 Å². The number of phenols is 1. The van der Waals surface area contributed by atoms with Gasteiger partial charge in [0.1, 0.15) is 23.8 Å². The van der Waals surface area contributed by atoms with Crippen molar-refractivity contribution in [2.24, 2.45) is 5.41 Å². The Morgan fingerprint density at radius 2 is 1.85 bits per heavy atom. The predicted octanol–water partition coefficient (Wildman–Crippen LogP) is 6.14. The van der Waals surface area contributed by atoms with Gasteiger partial charge in [-0.1, -0.05) is 67.9 Å². The molecule has 2 aliphatic heterocycles. The van der Waals surface area contributed by atoms with Gasteiger partial charge in [-0.15, -0.1) is 0 Å². The number of fused-ring (bicyclic) bond motifs is 1. The van der Waals surface area contributed by atoms with Crippen molar-refractivity contribution in [2.75, 3.05) is 21.7 Å². The molecule has 3 aromatic rings. The van der Waals surface area contributed by atoms with Crippen molar-refractivity contribution in [1.82, 2.24) is 5.32 Å². The van der Waals surface area contributed by atoms with Gasteiger partial charge < -0.3 is 25.6 Å². The number of para-hydroxylation sites is 1. The summed E-state index contributed by atoms with van der Waals surface area (Å²) in [5.41, 5.74) is 2.81. The standard InChI is InChI=1S/C36H38ClN3O6S/c1-36(2)16-25-33(29(42)17-36)35(23-12-11-22(15-24(23)37)46-18-21-7-4-3-5-8-21)40(27-9-6-10-28(41)34(27)39-25)32(45)14-13-31(44)38-26-19-47-20-30(26)43/h3-12,15,26,30,35,39,41,43H,13-14,16-20H2,1-2H3,(H,38,44). The number of nitrogens with zero attached hydrogens (tertiary/aromatic N) is 1. The van der Waals surface area contributed by atoms with Crippen molar-refractivity contribution in [3.8, 4) is 11.5 Å². The first-order chi connectivity index (χ1) is 22.5. The minimum Gasteiger partial charge on any atom is -0.506 e. The van der Waals surface area contributed by atoms with Crippen LogP contribution in [0.5, 0.6) is 11.5 Å². The van der Waals surface area contributed by atoms with E-state index >= 15 is 0 Å². The number of benzene rings is 3. The van der Waals surface area contributed by atoms with Crippen molar-refractivity contribution in [2.45, 2.75) is 64.3 Å². The van der Waals surface area contributed by atoms with Crippen LogP contribution in [0, 0.1) is 5.41 Å². The number of aliphatic hydroxyl groups excluding tert-OH is 1. The Morgan fingerprint density at radius 1 is 1.06 bits per heavy atom. The molecule has 9 nitrogen and oxygen atoms in total. The zero-order valence-corrected chi connectivity index (χ0v) is 27.9. The fourth-order valence-electron chi connectivity index (χ4n) is 6.47. The number of aliphatic hydroxyl groups is 1. The highest BCUT2D eigenvalue weighted by molar-refractivity contribution is 7.99. The molecule has 47 heavy (non-hydrogen) atoms. The number of rotatable bonds is 8. The van der Waals surface area contributed by atoms with E-state index in [4.69, 9.17) is 16.3 Å². The van der Waals surface area contributed by atoms with E-state index in [0.29, 0.717) is 63.5 Å².